The van der Waals surface area contributed by atoms with Gasteiger partial charge in [0.25, 0.3) is 15.9 Å². The lowest BCUT2D eigenvalue weighted by molar-refractivity contribution is 0.0638. The third-order valence-electron chi connectivity index (χ3n) is 5.36. The lowest BCUT2D eigenvalue weighted by atomic mass is 10.1. The molecule has 0 radical (unpaired) electrons. The summed E-state index contributed by atoms with van der Waals surface area (Å²) in [7, 11) is -3.59. The van der Waals surface area contributed by atoms with Gasteiger partial charge in [0, 0.05) is 44.0 Å². The van der Waals surface area contributed by atoms with Crippen LogP contribution in [0.15, 0.2) is 76.3 Å². The van der Waals surface area contributed by atoms with Crippen molar-refractivity contribution in [3.05, 3.63) is 83.2 Å². The van der Waals surface area contributed by atoms with E-state index in [-0.39, 0.29) is 10.1 Å². The van der Waals surface area contributed by atoms with Gasteiger partial charge in [-0.05, 0) is 47.7 Å². The van der Waals surface area contributed by atoms with E-state index in [9.17, 15) is 13.2 Å². The Hall–Kier alpha value is -2.68. The lowest BCUT2D eigenvalue weighted by Gasteiger charge is -2.34. The molecular weight excluding hydrogens is 430 g/mol. The molecule has 1 amide bonds. The molecule has 31 heavy (non-hydrogen) atoms. The Morgan fingerprint density at radius 1 is 0.903 bits per heavy atom. The van der Waals surface area contributed by atoms with Crippen LogP contribution in [-0.2, 0) is 16.4 Å². The largest absolute Gasteiger partial charge is 0.336 e. The van der Waals surface area contributed by atoms with Crippen molar-refractivity contribution in [1.82, 2.24) is 9.80 Å². The van der Waals surface area contributed by atoms with Gasteiger partial charge in [0.2, 0.25) is 0 Å². The van der Waals surface area contributed by atoms with Crippen molar-refractivity contribution in [3.8, 4) is 0 Å². The summed E-state index contributed by atoms with van der Waals surface area (Å²) in [6.07, 6.45) is 1.01. The smallest absolute Gasteiger partial charge is 0.271 e. The Kier molecular flexibility index (Phi) is 6.70. The van der Waals surface area contributed by atoms with Gasteiger partial charge in [-0.15, -0.1) is 11.3 Å². The van der Waals surface area contributed by atoms with Gasteiger partial charge in [0.1, 0.15) is 4.21 Å². The number of carbonyl (C=O) groups excluding carboxylic acids is 1. The van der Waals surface area contributed by atoms with Crippen molar-refractivity contribution in [2.75, 3.05) is 37.4 Å². The second-order valence-corrected chi connectivity index (χ2v) is 10.3. The van der Waals surface area contributed by atoms with E-state index in [2.05, 4.69) is 33.9 Å². The van der Waals surface area contributed by atoms with E-state index in [1.807, 2.05) is 11.0 Å². The zero-order chi connectivity index (χ0) is 21.7. The number of hydrogen-bond donors (Lipinski definition) is 1. The van der Waals surface area contributed by atoms with E-state index >= 15 is 0 Å². The lowest BCUT2D eigenvalue weighted by Crippen LogP contribution is -2.49. The van der Waals surface area contributed by atoms with Crippen LogP contribution in [0.3, 0.4) is 0 Å². The molecule has 0 spiro atoms. The number of benzene rings is 2. The molecule has 1 saturated heterocycles. The van der Waals surface area contributed by atoms with Crippen LogP contribution in [0, 0.1) is 0 Å². The first-order chi connectivity index (χ1) is 15.0. The second kappa shape index (κ2) is 9.64. The Balaban J connectivity index is 1.29. The van der Waals surface area contributed by atoms with Gasteiger partial charge in [-0.25, -0.2) is 8.42 Å². The van der Waals surface area contributed by atoms with Crippen LogP contribution in [0.4, 0.5) is 5.69 Å². The summed E-state index contributed by atoms with van der Waals surface area (Å²) in [5, 5.41) is 1.72. The molecule has 2 heterocycles. The summed E-state index contributed by atoms with van der Waals surface area (Å²) in [5.74, 6) is -0.0182. The highest BCUT2D eigenvalue weighted by atomic mass is 32.2. The Bertz CT molecular complexity index is 1090. The number of rotatable bonds is 7. The highest BCUT2D eigenvalue weighted by Crippen LogP contribution is 2.21. The van der Waals surface area contributed by atoms with Crippen LogP contribution in [0.5, 0.6) is 0 Å². The summed E-state index contributed by atoms with van der Waals surface area (Å²) in [4.78, 5) is 17.1. The Morgan fingerprint density at radius 2 is 1.61 bits per heavy atom. The number of nitrogens with one attached hydrogen (secondary N) is 1. The summed E-state index contributed by atoms with van der Waals surface area (Å²) < 4.78 is 27.5. The third-order valence-corrected chi connectivity index (χ3v) is 8.14. The number of amides is 1. The molecule has 2 aromatic carbocycles. The van der Waals surface area contributed by atoms with Gasteiger partial charge >= 0.3 is 0 Å². The van der Waals surface area contributed by atoms with E-state index < -0.39 is 10.0 Å². The van der Waals surface area contributed by atoms with Crippen LogP contribution in [-0.4, -0.2) is 56.8 Å². The monoisotopic (exact) mass is 455 g/mol. The normalized spacial score (nSPS) is 15.0. The highest BCUT2D eigenvalue weighted by molar-refractivity contribution is 7.94. The summed E-state index contributed by atoms with van der Waals surface area (Å²) in [6.45, 7) is 4.10. The van der Waals surface area contributed by atoms with E-state index in [1.165, 1.54) is 5.56 Å². The van der Waals surface area contributed by atoms with Crippen molar-refractivity contribution in [3.63, 3.8) is 0 Å². The minimum atomic E-state index is -3.59. The molecule has 6 nitrogen and oxygen atoms in total. The van der Waals surface area contributed by atoms with Crippen molar-refractivity contribution in [2.45, 2.75) is 10.6 Å². The molecule has 0 aliphatic carbocycles. The van der Waals surface area contributed by atoms with Crippen molar-refractivity contribution in [1.29, 1.82) is 0 Å². The summed E-state index contributed by atoms with van der Waals surface area (Å²) in [6, 6.07) is 20.3. The molecule has 1 fully saturated rings. The Morgan fingerprint density at radius 3 is 2.26 bits per heavy atom. The van der Waals surface area contributed by atoms with Gasteiger partial charge < -0.3 is 4.90 Å². The highest BCUT2D eigenvalue weighted by Gasteiger charge is 2.22. The molecule has 0 bridgehead atoms. The number of piperazine rings is 1. The minimum absolute atomic E-state index is 0.0182. The SMILES string of the molecule is O=C(c1ccc(NS(=O)(=O)c2cccs2)cc1)N1CCN(CCc2ccccc2)CC1. The maximum atomic E-state index is 12.8. The molecule has 0 atom stereocenters. The topological polar surface area (TPSA) is 69.7 Å². The average molecular weight is 456 g/mol. The molecule has 3 aromatic rings. The molecule has 4 rings (SSSR count). The first kappa shape index (κ1) is 21.5. The second-order valence-electron chi connectivity index (χ2n) is 7.48. The van der Waals surface area contributed by atoms with E-state index in [0.29, 0.717) is 24.3 Å². The molecule has 8 heteroatoms. The molecule has 1 aliphatic rings. The van der Waals surface area contributed by atoms with E-state index in [1.54, 1.807) is 41.8 Å². The Labute approximate surface area is 187 Å². The predicted molar refractivity (Wildman–Crippen MR) is 124 cm³/mol. The van der Waals surface area contributed by atoms with Gasteiger partial charge in [-0.1, -0.05) is 36.4 Å². The number of thiophene rings is 1. The molecule has 1 N–H and O–H groups in total. The number of carbonyl (C=O) groups is 1. The maximum absolute atomic E-state index is 12.8. The third kappa shape index (κ3) is 5.52. The molecule has 1 aliphatic heterocycles. The van der Waals surface area contributed by atoms with Crippen LogP contribution in [0.2, 0.25) is 0 Å². The first-order valence-corrected chi connectivity index (χ1v) is 12.6. The molecule has 0 saturated carbocycles. The quantitative estimate of drug-likeness (QED) is 0.592. The first-order valence-electron chi connectivity index (χ1n) is 10.2. The fourth-order valence-electron chi connectivity index (χ4n) is 3.59. The van der Waals surface area contributed by atoms with E-state index in [0.717, 1.165) is 37.4 Å². The fraction of sp³-hybridized carbons (Fsp3) is 0.261. The van der Waals surface area contributed by atoms with Gasteiger partial charge in [0.05, 0.1) is 0 Å². The number of sulfonamides is 1. The fourth-order valence-corrected chi connectivity index (χ4v) is 5.64. The minimum Gasteiger partial charge on any atom is -0.336 e. The maximum Gasteiger partial charge on any atom is 0.271 e. The van der Waals surface area contributed by atoms with Gasteiger partial charge in [0.15, 0.2) is 0 Å². The van der Waals surface area contributed by atoms with Crippen molar-refractivity contribution in [2.24, 2.45) is 0 Å². The molecule has 162 valence electrons. The van der Waals surface area contributed by atoms with Crippen molar-refractivity contribution < 1.29 is 13.2 Å². The van der Waals surface area contributed by atoms with Crippen LogP contribution in [0.25, 0.3) is 0 Å². The molecule has 1 aromatic heterocycles. The van der Waals surface area contributed by atoms with Crippen LogP contribution < -0.4 is 4.72 Å². The van der Waals surface area contributed by atoms with Crippen LogP contribution in [0.1, 0.15) is 15.9 Å². The van der Waals surface area contributed by atoms with Crippen molar-refractivity contribution >= 4 is 33.0 Å². The average Bonchev–Trinajstić information content (AvgIpc) is 3.35. The van der Waals surface area contributed by atoms with E-state index in [4.69, 9.17) is 0 Å². The number of nitrogens with zero attached hydrogens (tertiary/aromatic N) is 2. The summed E-state index contributed by atoms with van der Waals surface area (Å²) >= 11 is 1.16. The standard InChI is InChI=1S/C23H25N3O3S2/c27-23(26-16-14-25(15-17-26)13-12-19-5-2-1-3-6-19)20-8-10-21(11-9-20)24-31(28,29)22-7-4-18-30-22/h1-11,18,24H,12-17H2. The molecule has 0 unspecified atom stereocenters. The van der Waals surface area contributed by atoms with Gasteiger partial charge in [-0.3, -0.25) is 14.4 Å². The number of hydrogen-bond acceptors (Lipinski definition) is 5. The zero-order valence-electron chi connectivity index (χ0n) is 17.1. The molecular formula is C23H25N3O3S2. The zero-order valence-corrected chi connectivity index (χ0v) is 18.7. The van der Waals surface area contributed by atoms with Crippen LogP contribution >= 0.6 is 11.3 Å². The number of anilines is 1. The van der Waals surface area contributed by atoms with Gasteiger partial charge in [-0.2, -0.15) is 0 Å². The predicted octanol–water partition coefficient (Wildman–Crippen LogP) is 3.55. The summed E-state index contributed by atoms with van der Waals surface area (Å²) in [5.41, 5.74) is 2.34.